The molecule has 0 aromatic heterocycles. The number of allylic oxidation sites excluding steroid dienone is 2. The molecule has 15 heavy (non-hydrogen) atoms. The van der Waals surface area contributed by atoms with Gasteiger partial charge in [0.15, 0.2) is 0 Å². The maximum atomic E-state index is 11.6. The molecule has 5 atom stereocenters. The number of rotatable bonds is 0. The van der Waals surface area contributed by atoms with Gasteiger partial charge < -0.3 is 4.74 Å². The first-order valence-electron chi connectivity index (χ1n) is 5.64. The van der Waals surface area contributed by atoms with Crippen molar-refractivity contribution in [1.29, 1.82) is 0 Å². The largest absolute Gasteiger partial charge is 0.393 e. The number of ether oxygens (including phenoxy) is 1. The Morgan fingerprint density at radius 2 is 2.13 bits per heavy atom. The second kappa shape index (κ2) is 2.18. The summed E-state index contributed by atoms with van der Waals surface area (Å²) in [5, 5.41) is 0. The summed E-state index contributed by atoms with van der Waals surface area (Å²) in [5.74, 6) is 0.130. The maximum absolute atomic E-state index is 11.6. The monoisotopic (exact) mass is 204 g/mol. The highest BCUT2D eigenvalue weighted by molar-refractivity contribution is 5.97. The van der Waals surface area contributed by atoms with Crippen molar-refractivity contribution in [3.05, 3.63) is 12.2 Å². The van der Waals surface area contributed by atoms with Crippen LogP contribution in [0.4, 0.5) is 0 Å². The lowest BCUT2D eigenvalue weighted by atomic mass is 9.82. The average molecular weight is 204 g/mol. The molecule has 3 heteroatoms. The molecule has 1 spiro atoms. The van der Waals surface area contributed by atoms with Gasteiger partial charge in [-0.2, -0.15) is 0 Å². The Hall–Kier alpha value is -1.12. The Kier molecular flexibility index (Phi) is 1.17. The molecule has 5 aliphatic rings. The van der Waals surface area contributed by atoms with Crippen molar-refractivity contribution in [2.75, 3.05) is 0 Å². The van der Waals surface area contributed by atoms with Crippen LogP contribution in [0.25, 0.3) is 0 Å². The molecule has 2 bridgehead atoms. The van der Waals surface area contributed by atoms with Gasteiger partial charge in [-0.15, -0.1) is 0 Å². The van der Waals surface area contributed by atoms with Crippen molar-refractivity contribution >= 4 is 11.9 Å². The van der Waals surface area contributed by atoms with E-state index in [1.807, 2.05) is 0 Å². The van der Waals surface area contributed by atoms with Crippen LogP contribution in [0.2, 0.25) is 0 Å². The minimum Gasteiger partial charge on any atom is -0.393 e. The number of hydrogen-bond acceptors (Lipinski definition) is 3. The third kappa shape index (κ3) is 0.829. The lowest BCUT2D eigenvalue weighted by molar-refractivity contribution is -0.154. The molecule has 1 aliphatic heterocycles. The van der Waals surface area contributed by atoms with Crippen LogP contribution in [-0.4, -0.2) is 11.9 Å². The fourth-order valence-corrected chi connectivity index (χ4v) is 3.88. The minimum atomic E-state index is -0.280. The fraction of sp³-hybridized carbons (Fsp3) is 0.667. The van der Waals surface area contributed by atoms with Crippen molar-refractivity contribution in [2.24, 2.45) is 29.1 Å². The molecule has 1 heterocycles. The van der Waals surface area contributed by atoms with Crippen LogP contribution in [0.1, 0.15) is 19.3 Å². The first-order chi connectivity index (χ1) is 7.20. The quantitative estimate of drug-likeness (QED) is 0.339. The molecule has 2 saturated carbocycles. The normalized spacial score (nSPS) is 54.7. The van der Waals surface area contributed by atoms with E-state index in [2.05, 4.69) is 12.2 Å². The van der Waals surface area contributed by atoms with Gasteiger partial charge in [-0.3, -0.25) is 9.59 Å². The molecule has 0 N–H and O–H groups in total. The van der Waals surface area contributed by atoms with Crippen LogP contribution in [0.5, 0.6) is 0 Å². The van der Waals surface area contributed by atoms with Crippen molar-refractivity contribution < 1.29 is 14.3 Å². The molecule has 4 aliphatic carbocycles. The van der Waals surface area contributed by atoms with Crippen molar-refractivity contribution in [1.82, 2.24) is 0 Å². The van der Waals surface area contributed by atoms with Crippen molar-refractivity contribution in [3.8, 4) is 0 Å². The molecule has 1 saturated heterocycles. The molecule has 0 radical (unpaired) electrons. The summed E-state index contributed by atoms with van der Waals surface area (Å²) in [6, 6.07) is 0. The number of carbonyl (C=O) groups is 2. The maximum Gasteiger partial charge on any atom is 0.318 e. The van der Waals surface area contributed by atoms with Gasteiger partial charge in [-0.05, 0) is 36.5 Å². The lowest BCUT2D eigenvalue weighted by Gasteiger charge is -2.18. The standard InChI is InChI=1S/C12H12O3/c13-10-8-5-12-2-1-6(3-7(12)4-12)9(8)11(14)15-10/h1-2,6-9H,3-5H2/t6?,7?,8-,9+,12?/m0/s1. The zero-order chi connectivity index (χ0) is 10.2. The van der Waals surface area contributed by atoms with Gasteiger partial charge in [0.1, 0.15) is 0 Å². The average Bonchev–Trinajstić information content (AvgIpc) is 2.86. The van der Waals surface area contributed by atoms with E-state index in [1.54, 1.807) is 0 Å². The van der Waals surface area contributed by atoms with Crippen molar-refractivity contribution in [3.63, 3.8) is 0 Å². The molecule has 3 nitrogen and oxygen atoms in total. The number of cyclic esters (lactones) is 2. The minimum absolute atomic E-state index is 0.148. The summed E-state index contributed by atoms with van der Waals surface area (Å²) in [6.45, 7) is 0. The Morgan fingerprint density at radius 3 is 2.93 bits per heavy atom. The van der Waals surface area contributed by atoms with E-state index in [-0.39, 0.29) is 35.1 Å². The van der Waals surface area contributed by atoms with Gasteiger partial charge >= 0.3 is 11.9 Å². The number of esters is 2. The van der Waals surface area contributed by atoms with E-state index >= 15 is 0 Å². The second-order valence-electron chi connectivity index (χ2n) is 5.47. The highest BCUT2D eigenvalue weighted by Crippen LogP contribution is 2.67. The van der Waals surface area contributed by atoms with Crippen LogP contribution < -0.4 is 0 Å². The molecule has 3 fully saturated rings. The van der Waals surface area contributed by atoms with E-state index < -0.39 is 0 Å². The molecule has 0 aromatic carbocycles. The topological polar surface area (TPSA) is 43.4 Å². The van der Waals surface area contributed by atoms with E-state index in [4.69, 9.17) is 4.74 Å². The summed E-state index contributed by atoms with van der Waals surface area (Å²) >= 11 is 0. The number of carbonyl (C=O) groups excluding carboxylic acids is 2. The first-order valence-corrected chi connectivity index (χ1v) is 5.64. The first kappa shape index (κ1) is 8.08. The smallest absolute Gasteiger partial charge is 0.318 e. The van der Waals surface area contributed by atoms with E-state index in [1.165, 1.54) is 6.42 Å². The Morgan fingerprint density at radius 1 is 1.27 bits per heavy atom. The van der Waals surface area contributed by atoms with E-state index in [9.17, 15) is 9.59 Å². The summed E-state index contributed by atoms with van der Waals surface area (Å²) in [7, 11) is 0. The highest BCUT2D eigenvalue weighted by Gasteiger charge is 2.64. The predicted molar refractivity (Wildman–Crippen MR) is 50.5 cm³/mol. The van der Waals surface area contributed by atoms with E-state index in [0.717, 1.165) is 18.8 Å². The molecular weight excluding hydrogens is 192 g/mol. The summed E-state index contributed by atoms with van der Waals surface area (Å²) in [6.07, 6.45) is 7.57. The zero-order valence-electron chi connectivity index (χ0n) is 8.31. The highest BCUT2D eigenvalue weighted by atomic mass is 16.6. The summed E-state index contributed by atoms with van der Waals surface area (Å²) < 4.78 is 4.77. The van der Waals surface area contributed by atoms with Gasteiger partial charge in [0.25, 0.3) is 0 Å². The summed E-state index contributed by atoms with van der Waals surface area (Å²) in [4.78, 5) is 23.2. The molecular formula is C12H12O3. The lowest BCUT2D eigenvalue weighted by Crippen LogP contribution is -2.23. The van der Waals surface area contributed by atoms with E-state index in [0.29, 0.717) is 0 Å². The van der Waals surface area contributed by atoms with Gasteiger partial charge in [0.05, 0.1) is 11.8 Å². The van der Waals surface area contributed by atoms with Crippen LogP contribution in [0.15, 0.2) is 12.2 Å². The Bertz CT molecular complexity index is 411. The number of hydrogen-bond donors (Lipinski definition) is 0. The molecule has 5 rings (SSSR count). The Labute approximate surface area is 87.5 Å². The summed E-state index contributed by atoms with van der Waals surface area (Å²) in [5.41, 5.74) is 0.263. The third-order valence-corrected chi connectivity index (χ3v) is 4.78. The molecule has 3 unspecified atom stereocenters. The SMILES string of the molecule is O=C1OC(=O)[C@@H]2C3C=CC4(CC4C3)C[C@H]12. The van der Waals surface area contributed by atoms with Gasteiger partial charge in [-0.25, -0.2) is 0 Å². The van der Waals surface area contributed by atoms with Crippen LogP contribution in [-0.2, 0) is 14.3 Å². The van der Waals surface area contributed by atoms with Crippen LogP contribution >= 0.6 is 0 Å². The fourth-order valence-electron chi connectivity index (χ4n) is 3.88. The Balaban J connectivity index is 1.83. The van der Waals surface area contributed by atoms with Gasteiger partial charge in [0, 0.05) is 0 Å². The third-order valence-electron chi connectivity index (χ3n) is 4.78. The van der Waals surface area contributed by atoms with Gasteiger partial charge in [-0.1, -0.05) is 12.2 Å². The second-order valence-corrected chi connectivity index (χ2v) is 5.47. The van der Waals surface area contributed by atoms with Crippen LogP contribution in [0.3, 0.4) is 0 Å². The molecule has 0 aromatic rings. The van der Waals surface area contributed by atoms with Crippen molar-refractivity contribution in [2.45, 2.75) is 19.3 Å². The molecule has 0 amide bonds. The predicted octanol–water partition coefficient (Wildman–Crippen LogP) is 1.29. The molecule has 78 valence electrons. The van der Waals surface area contributed by atoms with Gasteiger partial charge in [0.2, 0.25) is 0 Å². The van der Waals surface area contributed by atoms with Crippen LogP contribution in [0, 0.1) is 29.1 Å². The zero-order valence-corrected chi connectivity index (χ0v) is 8.31.